The highest BCUT2D eigenvalue weighted by atomic mass is 16.6. The Balaban J connectivity index is 1.85. The molecule has 1 aliphatic heterocycles. The van der Waals surface area contributed by atoms with E-state index in [4.69, 9.17) is 4.74 Å². The first-order valence-corrected chi connectivity index (χ1v) is 8.42. The summed E-state index contributed by atoms with van der Waals surface area (Å²) in [6.45, 7) is 1.57. The van der Waals surface area contributed by atoms with Crippen molar-refractivity contribution in [1.29, 1.82) is 0 Å². The lowest BCUT2D eigenvalue weighted by molar-refractivity contribution is -0.389. The molecule has 0 radical (unpaired) electrons. The summed E-state index contributed by atoms with van der Waals surface area (Å²) in [5, 5.41) is 13.9. The van der Waals surface area contributed by atoms with Gasteiger partial charge in [0.2, 0.25) is 5.91 Å². The van der Waals surface area contributed by atoms with Crippen molar-refractivity contribution < 1.29 is 19.2 Å². The van der Waals surface area contributed by atoms with Crippen LogP contribution in [-0.2, 0) is 9.59 Å². The number of nitrogens with one attached hydrogen (secondary N) is 1. The zero-order valence-corrected chi connectivity index (χ0v) is 13.9. The number of rotatable bonds is 5. The van der Waals surface area contributed by atoms with E-state index in [2.05, 4.69) is 10.3 Å². The summed E-state index contributed by atoms with van der Waals surface area (Å²) in [4.78, 5) is 40.3. The molecule has 134 valence electrons. The number of pyridine rings is 1. The number of hydrogen-bond acceptors (Lipinski definition) is 6. The fraction of sp³-hybridized carbons (Fsp3) is 0.562. The van der Waals surface area contributed by atoms with Crippen LogP contribution in [0, 0.1) is 10.1 Å². The Morgan fingerprint density at radius 1 is 1.44 bits per heavy atom. The summed E-state index contributed by atoms with van der Waals surface area (Å²) in [6.07, 6.45) is 3.72. The standard InChI is InChI=1S/C16H20N4O5/c1-2-11-16(22)19(9-14(21)17-10-5-3-4-6-10)15-12(25-11)7-8-13(18-15)20(23)24/h7-8,10-11H,2-6,9H2,1H3,(H,17,21). The molecular weight excluding hydrogens is 328 g/mol. The van der Waals surface area contributed by atoms with Crippen LogP contribution in [0.4, 0.5) is 11.6 Å². The van der Waals surface area contributed by atoms with E-state index >= 15 is 0 Å². The Morgan fingerprint density at radius 3 is 2.80 bits per heavy atom. The van der Waals surface area contributed by atoms with Gasteiger partial charge in [-0.15, -0.1) is 0 Å². The average molecular weight is 348 g/mol. The van der Waals surface area contributed by atoms with Crippen molar-refractivity contribution in [2.24, 2.45) is 0 Å². The summed E-state index contributed by atoms with van der Waals surface area (Å²) in [6, 6.07) is 2.76. The van der Waals surface area contributed by atoms with Crippen molar-refractivity contribution in [3.63, 3.8) is 0 Å². The molecule has 2 amide bonds. The SMILES string of the molecule is CCC1Oc2ccc([N+](=O)[O-])nc2N(CC(=O)NC2CCCC2)C1=O. The Labute approximate surface area is 144 Å². The number of carbonyl (C=O) groups is 2. The van der Waals surface area contributed by atoms with Crippen LogP contribution in [-0.4, -0.2) is 40.4 Å². The van der Waals surface area contributed by atoms with Crippen molar-refractivity contribution >= 4 is 23.5 Å². The molecule has 3 rings (SSSR count). The fourth-order valence-corrected chi connectivity index (χ4v) is 3.19. The molecule has 0 saturated heterocycles. The molecular formula is C16H20N4O5. The Morgan fingerprint density at radius 2 is 2.16 bits per heavy atom. The number of ether oxygens (including phenoxy) is 1. The minimum Gasteiger partial charge on any atom is -0.474 e. The molecule has 0 spiro atoms. The first-order chi connectivity index (χ1) is 12.0. The van der Waals surface area contributed by atoms with Gasteiger partial charge in [0.1, 0.15) is 6.54 Å². The minimum absolute atomic E-state index is 0.0190. The molecule has 1 aromatic heterocycles. The van der Waals surface area contributed by atoms with E-state index in [1.807, 2.05) is 0 Å². The number of aromatic nitrogens is 1. The van der Waals surface area contributed by atoms with E-state index in [1.165, 1.54) is 17.0 Å². The molecule has 0 aromatic carbocycles. The molecule has 2 aliphatic rings. The van der Waals surface area contributed by atoms with E-state index in [1.54, 1.807) is 6.92 Å². The molecule has 1 aliphatic carbocycles. The highest BCUT2D eigenvalue weighted by Crippen LogP contribution is 2.34. The van der Waals surface area contributed by atoms with E-state index in [0.29, 0.717) is 6.42 Å². The van der Waals surface area contributed by atoms with Gasteiger partial charge in [0.15, 0.2) is 11.9 Å². The summed E-state index contributed by atoms with van der Waals surface area (Å²) in [5.41, 5.74) is 0. The summed E-state index contributed by atoms with van der Waals surface area (Å²) >= 11 is 0. The van der Waals surface area contributed by atoms with Crippen LogP contribution in [0.2, 0.25) is 0 Å². The van der Waals surface area contributed by atoms with Crippen molar-refractivity contribution in [3.05, 3.63) is 22.2 Å². The van der Waals surface area contributed by atoms with E-state index in [0.717, 1.165) is 25.7 Å². The predicted molar refractivity (Wildman–Crippen MR) is 88.4 cm³/mol. The minimum atomic E-state index is -0.727. The maximum absolute atomic E-state index is 12.6. The van der Waals surface area contributed by atoms with Gasteiger partial charge >= 0.3 is 5.82 Å². The first-order valence-electron chi connectivity index (χ1n) is 8.42. The lowest BCUT2D eigenvalue weighted by atomic mass is 10.2. The molecule has 9 heteroatoms. The summed E-state index contributed by atoms with van der Waals surface area (Å²) in [5.74, 6) is -0.816. The third-order valence-corrected chi connectivity index (χ3v) is 4.47. The number of hydrogen-bond donors (Lipinski definition) is 1. The van der Waals surface area contributed by atoms with Crippen molar-refractivity contribution in [2.75, 3.05) is 11.4 Å². The van der Waals surface area contributed by atoms with Crippen LogP contribution in [0.25, 0.3) is 0 Å². The number of nitro groups is 1. The normalized spacial score (nSPS) is 20.1. The zero-order chi connectivity index (χ0) is 18.0. The molecule has 1 atom stereocenters. The number of carbonyl (C=O) groups excluding carboxylic acids is 2. The van der Waals surface area contributed by atoms with Gasteiger partial charge in [-0.25, -0.2) is 0 Å². The average Bonchev–Trinajstić information content (AvgIpc) is 3.09. The second-order valence-corrected chi connectivity index (χ2v) is 6.24. The Kier molecular flexibility index (Phi) is 4.82. The van der Waals surface area contributed by atoms with Gasteiger partial charge in [-0.1, -0.05) is 19.8 Å². The van der Waals surface area contributed by atoms with Crippen LogP contribution in [0.1, 0.15) is 39.0 Å². The van der Waals surface area contributed by atoms with E-state index < -0.39 is 22.8 Å². The van der Waals surface area contributed by atoms with Crippen LogP contribution < -0.4 is 15.0 Å². The van der Waals surface area contributed by atoms with Gasteiger partial charge in [-0.2, -0.15) is 0 Å². The molecule has 25 heavy (non-hydrogen) atoms. The third-order valence-electron chi connectivity index (χ3n) is 4.47. The highest BCUT2D eigenvalue weighted by molar-refractivity contribution is 6.03. The number of amides is 2. The number of fused-ring (bicyclic) bond motifs is 1. The first kappa shape index (κ1) is 17.1. The van der Waals surface area contributed by atoms with Crippen molar-refractivity contribution in [3.8, 4) is 5.75 Å². The number of anilines is 1. The van der Waals surface area contributed by atoms with Gasteiger partial charge in [-0.05, 0) is 35.2 Å². The van der Waals surface area contributed by atoms with Gasteiger partial charge in [-0.3, -0.25) is 14.5 Å². The van der Waals surface area contributed by atoms with Gasteiger partial charge < -0.3 is 20.2 Å². The molecule has 1 saturated carbocycles. The molecule has 2 heterocycles. The lowest BCUT2D eigenvalue weighted by Gasteiger charge is -2.30. The van der Waals surface area contributed by atoms with Crippen molar-refractivity contribution in [2.45, 2.75) is 51.2 Å². The summed E-state index contributed by atoms with van der Waals surface area (Å²) in [7, 11) is 0. The lowest BCUT2D eigenvalue weighted by Crippen LogP contribution is -2.51. The van der Waals surface area contributed by atoms with Gasteiger partial charge in [0.25, 0.3) is 11.7 Å². The Bertz CT molecular complexity index is 702. The number of nitrogens with zero attached hydrogens (tertiary/aromatic N) is 3. The largest absolute Gasteiger partial charge is 0.474 e. The quantitative estimate of drug-likeness (QED) is 0.638. The van der Waals surface area contributed by atoms with E-state index in [9.17, 15) is 19.7 Å². The fourth-order valence-electron chi connectivity index (χ4n) is 3.19. The van der Waals surface area contributed by atoms with Crippen LogP contribution in [0.15, 0.2) is 12.1 Å². The van der Waals surface area contributed by atoms with Gasteiger partial charge in [0.05, 0.1) is 0 Å². The van der Waals surface area contributed by atoms with Crippen molar-refractivity contribution in [1.82, 2.24) is 10.3 Å². The maximum Gasteiger partial charge on any atom is 0.366 e. The molecule has 9 nitrogen and oxygen atoms in total. The maximum atomic E-state index is 12.6. The zero-order valence-electron chi connectivity index (χ0n) is 13.9. The van der Waals surface area contributed by atoms with Gasteiger partial charge in [0, 0.05) is 12.1 Å². The highest BCUT2D eigenvalue weighted by Gasteiger charge is 2.39. The monoisotopic (exact) mass is 348 g/mol. The van der Waals surface area contributed by atoms with Crippen LogP contribution >= 0.6 is 0 Å². The predicted octanol–water partition coefficient (Wildman–Crippen LogP) is 1.55. The topological polar surface area (TPSA) is 115 Å². The second kappa shape index (κ2) is 7.04. The Hall–Kier alpha value is -2.71. The van der Waals surface area contributed by atoms with E-state index in [-0.39, 0.29) is 30.1 Å². The van der Waals surface area contributed by atoms with Crippen LogP contribution in [0.3, 0.4) is 0 Å². The molecule has 1 unspecified atom stereocenters. The molecule has 1 fully saturated rings. The molecule has 1 N–H and O–H groups in total. The molecule has 0 bridgehead atoms. The smallest absolute Gasteiger partial charge is 0.366 e. The third kappa shape index (κ3) is 3.54. The second-order valence-electron chi connectivity index (χ2n) is 6.24. The summed E-state index contributed by atoms with van der Waals surface area (Å²) < 4.78 is 5.57. The molecule has 1 aromatic rings. The van der Waals surface area contributed by atoms with Crippen LogP contribution in [0.5, 0.6) is 5.75 Å².